The summed E-state index contributed by atoms with van der Waals surface area (Å²) in [5.74, 6) is 0.874. The highest BCUT2D eigenvalue weighted by molar-refractivity contribution is 14.0. The van der Waals surface area contributed by atoms with Crippen molar-refractivity contribution in [3.8, 4) is 5.88 Å². The molecular formula is C15H22F3IN4O. The van der Waals surface area contributed by atoms with Gasteiger partial charge in [0.15, 0.2) is 5.96 Å². The number of hydrogen-bond acceptors (Lipinski definition) is 3. The van der Waals surface area contributed by atoms with Crippen LogP contribution in [0.3, 0.4) is 0 Å². The van der Waals surface area contributed by atoms with E-state index >= 15 is 0 Å². The molecule has 0 amide bonds. The summed E-state index contributed by atoms with van der Waals surface area (Å²) in [6, 6.07) is 2.63. The topological polar surface area (TPSA) is 58.5 Å². The Morgan fingerprint density at radius 2 is 2.04 bits per heavy atom. The van der Waals surface area contributed by atoms with E-state index in [1.807, 2.05) is 0 Å². The Bertz CT molecular complexity index is 516. The quantitative estimate of drug-likeness (QED) is 0.308. The number of ether oxygens (including phenoxy) is 1. The summed E-state index contributed by atoms with van der Waals surface area (Å²) in [7, 11) is 1.70. The van der Waals surface area contributed by atoms with Crippen molar-refractivity contribution in [1.82, 2.24) is 15.6 Å². The van der Waals surface area contributed by atoms with E-state index in [9.17, 15) is 13.2 Å². The fourth-order valence-corrected chi connectivity index (χ4v) is 2.42. The van der Waals surface area contributed by atoms with Crippen LogP contribution in [0.5, 0.6) is 5.88 Å². The third-order valence-corrected chi connectivity index (χ3v) is 3.63. The highest BCUT2D eigenvalue weighted by Crippen LogP contribution is 2.29. The van der Waals surface area contributed by atoms with Crippen molar-refractivity contribution in [2.24, 2.45) is 4.99 Å². The van der Waals surface area contributed by atoms with E-state index < -0.39 is 11.7 Å². The monoisotopic (exact) mass is 458 g/mol. The first kappa shape index (κ1) is 20.8. The predicted octanol–water partition coefficient (Wildman–Crippen LogP) is 3.20. The van der Waals surface area contributed by atoms with Crippen LogP contribution in [-0.2, 0) is 6.18 Å². The number of pyridine rings is 1. The van der Waals surface area contributed by atoms with Crippen molar-refractivity contribution < 1.29 is 17.9 Å². The van der Waals surface area contributed by atoms with E-state index in [0.29, 0.717) is 18.5 Å². The lowest BCUT2D eigenvalue weighted by atomic mass is 10.2. The lowest BCUT2D eigenvalue weighted by Crippen LogP contribution is -2.43. The fraction of sp³-hybridized carbons (Fsp3) is 0.600. The molecule has 2 N–H and O–H groups in total. The Kier molecular flexibility index (Phi) is 8.57. The zero-order valence-corrected chi connectivity index (χ0v) is 15.7. The SMILES string of the molecule is CN=C(NCCOc1ccc(C(F)(F)F)cn1)NC1CCCC1.I. The van der Waals surface area contributed by atoms with E-state index in [-0.39, 0.29) is 36.5 Å². The van der Waals surface area contributed by atoms with Gasteiger partial charge in [-0.05, 0) is 18.9 Å². The Hall–Kier alpha value is -1.26. The molecule has 1 aliphatic rings. The third-order valence-electron chi connectivity index (χ3n) is 3.63. The third kappa shape index (κ3) is 6.70. The van der Waals surface area contributed by atoms with Crippen LogP contribution in [0.2, 0.25) is 0 Å². The van der Waals surface area contributed by atoms with Crippen LogP contribution in [0.4, 0.5) is 13.2 Å². The van der Waals surface area contributed by atoms with Crippen molar-refractivity contribution in [3.63, 3.8) is 0 Å². The number of halogens is 4. The molecule has 24 heavy (non-hydrogen) atoms. The summed E-state index contributed by atoms with van der Waals surface area (Å²) >= 11 is 0. The highest BCUT2D eigenvalue weighted by Gasteiger charge is 2.30. The molecule has 0 aliphatic heterocycles. The molecule has 2 rings (SSSR count). The van der Waals surface area contributed by atoms with Crippen LogP contribution >= 0.6 is 24.0 Å². The first-order valence-corrected chi connectivity index (χ1v) is 7.62. The van der Waals surface area contributed by atoms with Gasteiger partial charge >= 0.3 is 6.18 Å². The predicted molar refractivity (Wildman–Crippen MR) is 96.9 cm³/mol. The van der Waals surface area contributed by atoms with E-state index in [1.54, 1.807) is 7.05 Å². The Morgan fingerprint density at radius 3 is 2.58 bits per heavy atom. The number of hydrogen-bond donors (Lipinski definition) is 2. The van der Waals surface area contributed by atoms with Gasteiger partial charge in [-0.2, -0.15) is 13.2 Å². The molecule has 1 aliphatic carbocycles. The number of alkyl halides is 3. The molecule has 0 radical (unpaired) electrons. The molecule has 1 heterocycles. The van der Waals surface area contributed by atoms with E-state index in [4.69, 9.17) is 4.74 Å². The molecule has 9 heteroatoms. The minimum atomic E-state index is -4.38. The van der Waals surface area contributed by atoms with Crippen LogP contribution in [-0.4, -0.2) is 37.2 Å². The molecule has 0 aromatic carbocycles. The number of guanidine groups is 1. The largest absolute Gasteiger partial charge is 0.476 e. The van der Waals surface area contributed by atoms with Gasteiger partial charge < -0.3 is 15.4 Å². The van der Waals surface area contributed by atoms with Gasteiger partial charge in [0.2, 0.25) is 5.88 Å². The first-order chi connectivity index (χ1) is 11.0. The Labute approximate surface area is 156 Å². The molecular weight excluding hydrogens is 436 g/mol. The molecule has 0 atom stereocenters. The summed E-state index contributed by atoms with van der Waals surface area (Å²) in [5.41, 5.74) is -0.788. The van der Waals surface area contributed by atoms with E-state index in [1.165, 1.54) is 18.9 Å². The Morgan fingerprint density at radius 1 is 1.33 bits per heavy atom. The average molecular weight is 458 g/mol. The van der Waals surface area contributed by atoms with Gasteiger partial charge in [-0.15, -0.1) is 24.0 Å². The zero-order chi connectivity index (χ0) is 16.7. The van der Waals surface area contributed by atoms with E-state index in [0.717, 1.165) is 25.1 Å². The van der Waals surface area contributed by atoms with Gasteiger partial charge in [0, 0.05) is 25.4 Å². The highest BCUT2D eigenvalue weighted by atomic mass is 127. The smallest absolute Gasteiger partial charge is 0.417 e. The number of nitrogens with one attached hydrogen (secondary N) is 2. The summed E-state index contributed by atoms with van der Waals surface area (Å²) < 4.78 is 42.5. The molecule has 0 unspecified atom stereocenters. The number of aromatic nitrogens is 1. The maximum atomic E-state index is 12.4. The molecule has 136 valence electrons. The lowest BCUT2D eigenvalue weighted by molar-refractivity contribution is -0.137. The summed E-state index contributed by atoms with van der Waals surface area (Å²) in [6.45, 7) is 0.763. The zero-order valence-electron chi connectivity index (χ0n) is 13.4. The molecule has 0 spiro atoms. The van der Waals surface area contributed by atoms with Gasteiger partial charge in [0.25, 0.3) is 0 Å². The van der Waals surface area contributed by atoms with Crippen LogP contribution in [0.25, 0.3) is 0 Å². The van der Waals surface area contributed by atoms with Gasteiger partial charge in [-0.3, -0.25) is 4.99 Å². The minimum absolute atomic E-state index is 0. The normalized spacial score (nSPS) is 15.8. The number of aliphatic imine (C=N–C) groups is 1. The van der Waals surface area contributed by atoms with Gasteiger partial charge in [-0.25, -0.2) is 4.98 Å². The summed E-state index contributed by atoms with van der Waals surface area (Å²) in [6.07, 6.45) is 1.14. The van der Waals surface area contributed by atoms with Crippen molar-refractivity contribution in [1.29, 1.82) is 0 Å². The van der Waals surface area contributed by atoms with Crippen LogP contribution in [0.15, 0.2) is 23.3 Å². The van der Waals surface area contributed by atoms with Crippen LogP contribution < -0.4 is 15.4 Å². The van der Waals surface area contributed by atoms with Gasteiger partial charge in [0.05, 0.1) is 12.1 Å². The number of rotatable bonds is 5. The molecule has 1 aromatic rings. The number of nitrogens with zero attached hydrogens (tertiary/aromatic N) is 2. The van der Waals surface area contributed by atoms with Crippen molar-refractivity contribution in [2.75, 3.05) is 20.2 Å². The summed E-state index contributed by atoms with van der Waals surface area (Å²) in [4.78, 5) is 7.78. The fourth-order valence-electron chi connectivity index (χ4n) is 2.42. The summed E-state index contributed by atoms with van der Waals surface area (Å²) in [5, 5.41) is 6.44. The second kappa shape index (κ2) is 9.90. The molecule has 5 nitrogen and oxygen atoms in total. The van der Waals surface area contributed by atoms with Crippen LogP contribution in [0.1, 0.15) is 31.2 Å². The lowest BCUT2D eigenvalue weighted by Gasteiger charge is -2.16. The van der Waals surface area contributed by atoms with Crippen molar-refractivity contribution >= 4 is 29.9 Å². The second-order valence-corrected chi connectivity index (χ2v) is 5.36. The first-order valence-electron chi connectivity index (χ1n) is 7.62. The van der Waals surface area contributed by atoms with Crippen LogP contribution in [0, 0.1) is 0 Å². The van der Waals surface area contributed by atoms with E-state index in [2.05, 4.69) is 20.6 Å². The maximum absolute atomic E-state index is 12.4. The molecule has 1 saturated carbocycles. The van der Waals surface area contributed by atoms with Gasteiger partial charge in [-0.1, -0.05) is 12.8 Å². The molecule has 1 fully saturated rings. The second-order valence-electron chi connectivity index (χ2n) is 5.36. The molecule has 0 saturated heterocycles. The average Bonchev–Trinajstić information content (AvgIpc) is 3.03. The maximum Gasteiger partial charge on any atom is 0.417 e. The Balaban J connectivity index is 0.00000288. The van der Waals surface area contributed by atoms with Gasteiger partial charge in [0.1, 0.15) is 6.61 Å². The van der Waals surface area contributed by atoms with Crippen molar-refractivity contribution in [3.05, 3.63) is 23.9 Å². The standard InChI is InChI=1S/C15H21F3N4O.HI/c1-19-14(22-12-4-2-3-5-12)20-8-9-23-13-7-6-11(10-21-13)15(16,17)18;/h6-7,10,12H,2-5,8-9H2,1H3,(H2,19,20,22);1H. The minimum Gasteiger partial charge on any atom is -0.476 e. The molecule has 1 aromatic heterocycles. The molecule has 0 bridgehead atoms. The van der Waals surface area contributed by atoms with Crippen molar-refractivity contribution in [2.45, 2.75) is 37.9 Å².